The van der Waals surface area contributed by atoms with Crippen molar-refractivity contribution in [2.45, 2.75) is 6.54 Å². The third kappa shape index (κ3) is 3.14. The summed E-state index contributed by atoms with van der Waals surface area (Å²) in [6, 6.07) is 15.9. The van der Waals surface area contributed by atoms with Crippen LogP contribution in [-0.4, -0.2) is 25.7 Å². The number of aromatic amines is 1. The molecule has 4 rings (SSSR count). The fourth-order valence-corrected chi connectivity index (χ4v) is 2.69. The van der Waals surface area contributed by atoms with Gasteiger partial charge in [-0.2, -0.15) is 5.10 Å². The van der Waals surface area contributed by atoms with Gasteiger partial charge >= 0.3 is 0 Å². The van der Waals surface area contributed by atoms with E-state index in [-0.39, 0.29) is 5.91 Å². The predicted octanol–water partition coefficient (Wildman–Crippen LogP) is 2.89. The molecule has 25 heavy (non-hydrogen) atoms. The quantitative estimate of drug-likeness (QED) is 0.604. The van der Waals surface area contributed by atoms with Gasteiger partial charge in [-0.25, -0.2) is 4.98 Å². The van der Waals surface area contributed by atoms with E-state index in [0.29, 0.717) is 12.1 Å². The number of aromatic nitrogens is 4. The van der Waals surface area contributed by atoms with Crippen molar-refractivity contribution >= 4 is 16.9 Å². The van der Waals surface area contributed by atoms with Gasteiger partial charge in [0.25, 0.3) is 5.91 Å². The maximum absolute atomic E-state index is 12.0. The minimum absolute atomic E-state index is 0.130. The highest BCUT2D eigenvalue weighted by atomic mass is 16.1. The third-order valence-corrected chi connectivity index (χ3v) is 4.04. The molecule has 0 spiro atoms. The van der Waals surface area contributed by atoms with E-state index < -0.39 is 0 Å². The summed E-state index contributed by atoms with van der Waals surface area (Å²) in [5, 5.41) is 6.89. The number of aryl methyl sites for hydroxylation is 1. The lowest BCUT2D eigenvalue weighted by Crippen LogP contribution is -2.22. The highest BCUT2D eigenvalue weighted by molar-refractivity contribution is 5.93. The number of nitrogens with zero attached hydrogens (tertiary/aromatic N) is 3. The maximum Gasteiger partial charge on any atom is 0.254 e. The molecule has 0 bridgehead atoms. The van der Waals surface area contributed by atoms with E-state index in [1.54, 1.807) is 24.1 Å². The molecule has 2 heterocycles. The Kier molecular flexibility index (Phi) is 3.78. The van der Waals surface area contributed by atoms with E-state index >= 15 is 0 Å². The number of benzene rings is 2. The molecular formula is C19H17N5O. The fraction of sp³-hybridized carbons (Fsp3) is 0.105. The Morgan fingerprint density at radius 3 is 2.68 bits per heavy atom. The second-order valence-corrected chi connectivity index (χ2v) is 5.88. The van der Waals surface area contributed by atoms with Crippen molar-refractivity contribution in [3.05, 3.63) is 72.1 Å². The van der Waals surface area contributed by atoms with Gasteiger partial charge in [0.1, 0.15) is 5.82 Å². The summed E-state index contributed by atoms with van der Waals surface area (Å²) in [6.07, 6.45) is 3.25. The highest BCUT2D eigenvalue weighted by Crippen LogP contribution is 2.20. The summed E-state index contributed by atoms with van der Waals surface area (Å²) in [5.41, 5.74) is 4.56. The largest absolute Gasteiger partial charge is 0.348 e. The number of rotatable bonds is 4. The van der Waals surface area contributed by atoms with Crippen molar-refractivity contribution in [2.75, 3.05) is 0 Å². The number of H-pyrrole nitrogens is 1. The van der Waals surface area contributed by atoms with Crippen molar-refractivity contribution in [3.63, 3.8) is 0 Å². The van der Waals surface area contributed by atoms with Gasteiger partial charge in [-0.05, 0) is 17.7 Å². The zero-order chi connectivity index (χ0) is 17.2. The molecule has 124 valence electrons. The maximum atomic E-state index is 12.0. The van der Waals surface area contributed by atoms with Gasteiger partial charge in [0.05, 0.1) is 22.8 Å². The van der Waals surface area contributed by atoms with Crippen LogP contribution in [0.2, 0.25) is 0 Å². The second-order valence-electron chi connectivity index (χ2n) is 5.88. The monoisotopic (exact) mass is 331 g/mol. The van der Waals surface area contributed by atoms with Crippen LogP contribution in [0.15, 0.2) is 60.9 Å². The molecule has 0 atom stereocenters. The first kappa shape index (κ1) is 15.1. The van der Waals surface area contributed by atoms with E-state index in [1.165, 1.54) is 0 Å². The smallest absolute Gasteiger partial charge is 0.254 e. The molecule has 0 aliphatic carbocycles. The van der Waals surface area contributed by atoms with Gasteiger partial charge in [-0.1, -0.05) is 36.4 Å². The van der Waals surface area contributed by atoms with Crippen LogP contribution < -0.4 is 5.32 Å². The molecule has 4 aromatic rings. The van der Waals surface area contributed by atoms with Crippen LogP contribution in [0.1, 0.15) is 15.9 Å². The standard InChI is InChI=1S/C19H17N5O/c1-24-12-15(11-21-24)19(25)20-10-13-6-8-14(9-7-13)18-22-16-4-2-3-5-17(16)23-18/h2-9,11-12H,10H2,1H3,(H,20,25)(H,22,23). The number of carbonyl (C=O) groups is 1. The van der Waals surface area contributed by atoms with Gasteiger partial charge in [0.2, 0.25) is 0 Å². The minimum Gasteiger partial charge on any atom is -0.348 e. The zero-order valence-electron chi connectivity index (χ0n) is 13.7. The first-order valence-corrected chi connectivity index (χ1v) is 8.00. The molecule has 0 aliphatic rings. The SMILES string of the molecule is Cn1cc(C(=O)NCc2ccc(-c3nc4ccccc4[nH]3)cc2)cn1. The third-order valence-electron chi connectivity index (χ3n) is 4.04. The van der Waals surface area contributed by atoms with Crippen molar-refractivity contribution in [1.29, 1.82) is 0 Å². The highest BCUT2D eigenvalue weighted by Gasteiger charge is 2.08. The summed E-state index contributed by atoms with van der Waals surface area (Å²) in [4.78, 5) is 19.9. The Labute approximate surface area is 144 Å². The molecule has 0 radical (unpaired) electrons. The van der Waals surface area contributed by atoms with E-state index in [0.717, 1.165) is 28.0 Å². The first-order chi connectivity index (χ1) is 12.2. The van der Waals surface area contributed by atoms with E-state index in [1.807, 2.05) is 48.5 Å². The molecule has 1 amide bonds. The molecule has 2 aromatic carbocycles. The van der Waals surface area contributed by atoms with Gasteiger partial charge in [-0.3, -0.25) is 9.48 Å². The summed E-state index contributed by atoms with van der Waals surface area (Å²) in [5.74, 6) is 0.710. The molecule has 0 saturated heterocycles. The second kappa shape index (κ2) is 6.24. The Hall–Kier alpha value is -3.41. The van der Waals surface area contributed by atoms with Gasteiger partial charge in [0, 0.05) is 25.4 Å². The molecule has 2 N–H and O–H groups in total. The van der Waals surface area contributed by atoms with Crippen molar-refractivity contribution in [3.8, 4) is 11.4 Å². The molecule has 0 unspecified atom stereocenters. The van der Waals surface area contributed by atoms with Crippen LogP contribution in [0.3, 0.4) is 0 Å². The molecular weight excluding hydrogens is 314 g/mol. The van der Waals surface area contributed by atoms with Crippen LogP contribution in [0.5, 0.6) is 0 Å². The number of amides is 1. The lowest BCUT2D eigenvalue weighted by atomic mass is 10.1. The predicted molar refractivity (Wildman–Crippen MR) is 95.9 cm³/mol. The van der Waals surface area contributed by atoms with E-state index in [9.17, 15) is 4.79 Å². The number of hydrogen-bond donors (Lipinski definition) is 2. The normalized spacial score (nSPS) is 10.9. The van der Waals surface area contributed by atoms with E-state index in [4.69, 9.17) is 0 Å². The van der Waals surface area contributed by atoms with E-state index in [2.05, 4.69) is 20.4 Å². The Morgan fingerprint density at radius 1 is 1.16 bits per heavy atom. The van der Waals surface area contributed by atoms with Gasteiger partial charge in [0.15, 0.2) is 0 Å². The number of imidazole rings is 1. The molecule has 0 aliphatic heterocycles. The Morgan fingerprint density at radius 2 is 1.96 bits per heavy atom. The minimum atomic E-state index is -0.130. The lowest BCUT2D eigenvalue weighted by molar-refractivity contribution is 0.0951. The summed E-state index contributed by atoms with van der Waals surface area (Å²) < 4.78 is 1.61. The lowest BCUT2D eigenvalue weighted by Gasteiger charge is -2.05. The average molecular weight is 331 g/mol. The zero-order valence-corrected chi connectivity index (χ0v) is 13.7. The Balaban J connectivity index is 1.45. The van der Waals surface area contributed by atoms with Crippen LogP contribution in [0, 0.1) is 0 Å². The topological polar surface area (TPSA) is 75.6 Å². The average Bonchev–Trinajstić information content (AvgIpc) is 3.26. The van der Waals surface area contributed by atoms with Crippen molar-refractivity contribution in [1.82, 2.24) is 25.1 Å². The first-order valence-electron chi connectivity index (χ1n) is 8.00. The van der Waals surface area contributed by atoms with Crippen LogP contribution in [0.25, 0.3) is 22.4 Å². The van der Waals surface area contributed by atoms with Gasteiger partial charge < -0.3 is 10.3 Å². The molecule has 2 aromatic heterocycles. The van der Waals surface area contributed by atoms with Gasteiger partial charge in [-0.15, -0.1) is 0 Å². The van der Waals surface area contributed by atoms with Crippen LogP contribution in [0.4, 0.5) is 0 Å². The number of hydrogen-bond acceptors (Lipinski definition) is 3. The van der Waals surface area contributed by atoms with Crippen molar-refractivity contribution in [2.24, 2.45) is 7.05 Å². The summed E-state index contributed by atoms with van der Waals surface area (Å²) in [6.45, 7) is 0.466. The molecule has 6 heteroatoms. The number of carbonyl (C=O) groups excluding carboxylic acids is 1. The number of nitrogens with one attached hydrogen (secondary N) is 2. The summed E-state index contributed by atoms with van der Waals surface area (Å²) in [7, 11) is 1.79. The number of fused-ring (bicyclic) bond motifs is 1. The molecule has 0 saturated carbocycles. The Bertz CT molecular complexity index is 996. The summed E-state index contributed by atoms with van der Waals surface area (Å²) >= 11 is 0. The molecule has 6 nitrogen and oxygen atoms in total. The fourth-order valence-electron chi connectivity index (χ4n) is 2.69. The van der Waals surface area contributed by atoms with Crippen LogP contribution in [-0.2, 0) is 13.6 Å². The van der Waals surface area contributed by atoms with Crippen LogP contribution >= 0.6 is 0 Å². The molecule has 0 fully saturated rings. The number of para-hydroxylation sites is 2. The van der Waals surface area contributed by atoms with Crippen molar-refractivity contribution < 1.29 is 4.79 Å².